The molecule has 4 nitrogen and oxygen atoms in total. The van der Waals surface area contributed by atoms with Crippen molar-refractivity contribution in [2.45, 2.75) is 52.6 Å². The normalized spacial score (nSPS) is 12.8. The Balaban J connectivity index is 2.15. The molecule has 114 valence electrons. The van der Waals surface area contributed by atoms with Gasteiger partial charge in [-0.15, -0.1) is 0 Å². The van der Waals surface area contributed by atoms with Gasteiger partial charge in [0.2, 0.25) is 0 Å². The molecular weight excluding hydrogens is 260 g/mol. The molecule has 2 aromatic rings. The van der Waals surface area contributed by atoms with E-state index in [1.54, 1.807) is 0 Å². The van der Waals surface area contributed by atoms with Crippen LogP contribution in [0.15, 0.2) is 30.5 Å². The van der Waals surface area contributed by atoms with Gasteiger partial charge in [-0.25, -0.2) is 0 Å². The van der Waals surface area contributed by atoms with Gasteiger partial charge in [-0.05, 0) is 51.9 Å². The minimum absolute atomic E-state index is 0.223. The van der Waals surface area contributed by atoms with Crippen molar-refractivity contribution in [1.82, 2.24) is 20.1 Å². The van der Waals surface area contributed by atoms with E-state index in [1.807, 2.05) is 17.7 Å². The molecule has 2 aromatic heterocycles. The summed E-state index contributed by atoms with van der Waals surface area (Å²) in [6.45, 7) is 9.50. The minimum atomic E-state index is 0.223. The first-order valence-electron chi connectivity index (χ1n) is 7.81. The maximum atomic E-state index is 4.67. The summed E-state index contributed by atoms with van der Waals surface area (Å²) in [6.07, 6.45) is 4.04. The van der Waals surface area contributed by atoms with Crippen LogP contribution in [0.25, 0.3) is 0 Å². The van der Waals surface area contributed by atoms with Gasteiger partial charge < -0.3 is 5.32 Å². The molecule has 4 heteroatoms. The molecule has 0 bridgehead atoms. The topological polar surface area (TPSA) is 42.7 Å². The van der Waals surface area contributed by atoms with Gasteiger partial charge in [-0.1, -0.05) is 13.0 Å². The lowest BCUT2D eigenvalue weighted by Gasteiger charge is -2.17. The van der Waals surface area contributed by atoms with Crippen LogP contribution >= 0.6 is 0 Å². The largest absolute Gasteiger partial charge is 0.308 e. The summed E-state index contributed by atoms with van der Waals surface area (Å²) in [7, 11) is 0. The second-order valence-electron chi connectivity index (χ2n) is 5.80. The highest BCUT2D eigenvalue weighted by atomic mass is 15.3. The first kappa shape index (κ1) is 15.7. The highest BCUT2D eigenvalue weighted by Gasteiger charge is 2.15. The van der Waals surface area contributed by atoms with Crippen molar-refractivity contribution in [3.63, 3.8) is 0 Å². The van der Waals surface area contributed by atoms with Crippen molar-refractivity contribution in [3.05, 3.63) is 47.5 Å². The van der Waals surface area contributed by atoms with E-state index < -0.39 is 0 Å². The van der Waals surface area contributed by atoms with Crippen LogP contribution in [0.4, 0.5) is 0 Å². The third kappa shape index (κ3) is 4.39. The zero-order valence-corrected chi connectivity index (χ0v) is 13.5. The van der Waals surface area contributed by atoms with E-state index in [9.17, 15) is 0 Å². The Hall–Kier alpha value is -1.68. The molecule has 0 aliphatic heterocycles. The van der Waals surface area contributed by atoms with E-state index in [2.05, 4.69) is 60.6 Å². The van der Waals surface area contributed by atoms with Gasteiger partial charge in [0.1, 0.15) is 0 Å². The Bertz CT molecular complexity index is 559. The summed E-state index contributed by atoms with van der Waals surface area (Å²) in [5, 5.41) is 8.24. The molecule has 0 radical (unpaired) electrons. The molecule has 0 amide bonds. The van der Waals surface area contributed by atoms with E-state index >= 15 is 0 Å². The van der Waals surface area contributed by atoms with E-state index in [4.69, 9.17) is 0 Å². The lowest BCUT2D eigenvalue weighted by molar-refractivity contribution is 0.493. The summed E-state index contributed by atoms with van der Waals surface area (Å²) >= 11 is 0. The molecule has 1 unspecified atom stereocenters. The van der Waals surface area contributed by atoms with Crippen molar-refractivity contribution < 1.29 is 0 Å². The number of rotatable bonds is 7. The summed E-state index contributed by atoms with van der Waals surface area (Å²) in [4.78, 5) is 4.67. The number of aromatic nitrogens is 3. The monoisotopic (exact) mass is 286 g/mol. The molecule has 0 spiro atoms. The number of nitrogens with zero attached hydrogens (tertiary/aromatic N) is 3. The maximum absolute atomic E-state index is 4.67. The van der Waals surface area contributed by atoms with E-state index in [1.165, 1.54) is 0 Å². The SMILES string of the molecule is CCCNC(Cc1ccn(C(C)C)n1)c1cccc(C)n1. The molecule has 0 saturated carbocycles. The Kier molecular flexibility index (Phi) is 5.51. The highest BCUT2D eigenvalue weighted by molar-refractivity contribution is 5.16. The van der Waals surface area contributed by atoms with Gasteiger partial charge in [0.25, 0.3) is 0 Å². The molecule has 0 aromatic carbocycles. The van der Waals surface area contributed by atoms with Gasteiger partial charge in [0, 0.05) is 24.4 Å². The molecule has 0 aliphatic rings. The maximum Gasteiger partial charge on any atom is 0.0644 e. The van der Waals surface area contributed by atoms with Crippen LogP contribution in [0, 0.1) is 6.92 Å². The van der Waals surface area contributed by atoms with E-state index in [0.717, 1.165) is 36.5 Å². The predicted molar refractivity (Wildman–Crippen MR) is 86.3 cm³/mol. The second kappa shape index (κ2) is 7.36. The Morgan fingerprint density at radius 2 is 2.05 bits per heavy atom. The fourth-order valence-corrected chi connectivity index (χ4v) is 2.34. The zero-order valence-electron chi connectivity index (χ0n) is 13.5. The van der Waals surface area contributed by atoms with Crippen molar-refractivity contribution >= 4 is 0 Å². The molecule has 2 rings (SSSR count). The van der Waals surface area contributed by atoms with Crippen LogP contribution in [-0.2, 0) is 6.42 Å². The molecule has 0 saturated heterocycles. The average Bonchev–Trinajstić information content (AvgIpc) is 2.92. The summed E-state index contributed by atoms with van der Waals surface area (Å²) in [6, 6.07) is 8.94. The Morgan fingerprint density at radius 1 is 1.24 bits per heavy atom. The fourth-order valence-electron chi connectivity index (χ4n) is 2.34. The quantitative estimate of drug-likeness (QED) is 0.847. The number of aryl methyl sites for hydroxylation is 1. The van der Waals surface area contributed by atoms with Crippen molar-refractivity contribution in [2.75, 3.05) is 6.54 Å². The van der Waals surface area contributed by atoms with Crippen molar-refractivity contribution in [2.24, 2.45) is 0 Å². The first-order valence-corrected chi connectivity index (χ1v) is 7.81. The predicted octanol–water partition coefficient (Wildman–Crippen LogP) is 3.45. The third-order valence-corrected chi connectivity index (χ3v) is 3.51. The molecule has 0 aliphatic carbocycles. The summed E-state index contributed by atoms with van der Waals surface area (Å²) in [5.41, 5.74) is 3.27. The van der Waals surface area contributed by atoms with Crippen LogP contribution in [0.2, 0.25) is 0 Å². The van der Waals surface area contributed by atoms with Crippen LogP contribution in [0.1, 0.15) is 56.4 Å². The molecule has 21 heavy (non-hydrogen) atoms. The van der Waals surface area contributed by atoms with E-state index in [-0.39, 0.29) is 6.04 Å². The number of hydrogen-bond donors (Lipinski definition) is 1. The fraction of sp³-hybridized carbons (Fsp3) is 0.529. The molecule has 1 N–H and O–H groups in total. The summed E-state index contributed by atoms with van der Waals surface area (Å²) < 4.78 is 2.01. The molecule has 0 fully saturated rings. The highest BCUT2D eigenvalue weighted by Crippen LogP contribution is 2.17. The molecule has 2 heterocycles. The number of nitrogens with one attached hydrogen (secondary N) is 1. The van der Waals surface area contributed by atoms with Gasteiger partial charge in [0.15, 0.2) is 0 Å². The summed E-state index contributed by atoms with van der Waals surface area (Å²) in [5.74, 6) is 0. The lowest BCUT2D eigenvalue weighted by atomic mass is 10.1. The number of hydrogen-bond acceptors (Lipinski definition) is 3. The Labute approximate surface area is 127 Å². The van der Waals surface area contributed by atoms with Gasteiger partial charge in [0.05, 0.1) is 17.4 Å². The Morgan fingerprint density at radius 3 is 2.67 bits per heavy atom. The average molecular weight is 286 g/mol. The first-order chi connectivity index (χ1) is 10.1. The van der Waals surface area contributed by atoms with Crippen LogP contribution in [0.5, 0.6) is 0 Å². The molecular formula is C17H26N4. The standard InChI is InChI=1S/C17H26N4/c1-5-10-18-17(16-8-6-7-14(4)19-16)12-15-9-11-21(20-15)13(2)3/h6-9,11,13,17-18H,5,10,12H2,1-4H3. The van der Waals surface area contributed by atoms with E-state index in [0.29, 0.717) is 6.04 Å². The van der Waals surface area contributed by atoms with Crippen LogP contribution in [-0.4, -0.2) is 21.3 Å². The van der Waals surface area contributed by atoms with Crippen LogP contribution < -0.4 is 5.32 Å². The van der Waals surface area contributed by atoms with Gasteiger partial charge in [-0.2, -0.15) is 5.10 Å². The van der Waals surface area contributed by atoms with Crippen molar-refractivity contribution in [3.8, 4) is 0 Å². The second-order valence-corrected chi connectivity index (χ2v) is 5.80. The van der Waals surface area contributed by atoms with Crippen molar-refractivity contribution in [1.29, 1.82) is 0 Å². The smallest absolute Gasteiger partial charge is 0.0644 e. The third-order valence-electron chi connectivity index (χ3n) is 3.51. The number of pyridine rings is 1. The lowest BCUT2D eigenvalue weighted by Crippen LogP contribution is -2.25. The van der Waals surface area contributed by atoms with Gasteiger partial charge in [-0.3, -0.25) is 9.67 Å². The van der Waals surface area contributed by atoms with Gasteiger partial charge >= 0.3 is 0 Å². The molecule has 1 atom stereocenters. The minimum Gasteiger partial charge on any atom is -0.308 e. The van der Waals surface area contributed by atoms with Crippen LogP contribution in [0.3, 0.4) is 0 Å². The zero-order chi connectivity index (χ0) is 15.2.